The van der Waals surface area contributed by atoms with E-state index in [4.69, 9.17) is 16.0 Å². The normalized spacial score (nSPS) is 45.6. The van der Waals surface area contributed by atoms with Gasteiger partial charge in [0.1, 0.15) is 6.04 Å². The maximum absolute atomic E-state index is 14.5. The minimum Gasteiger partial charge on any atom is -0.390 e. The van der Waals surface area contributed by atoms with Crippen molar-refractivity contribution in [1.82, 2.24) is 15.5 Å². The third-order valence-corrected chi connectivity index (χ3v) is 18.3. The molecule has 8 nitrogen and oxygen atoms in total. The molecule has 11 atom stereocenters. The fraction of sp³-hybridized carbons (Fsp3) is 0.979. The minimum atomic E-state index is -0.761. The van der Waals surface area contributed by atoms with Crippen LogP contribution in [0.25, 0.3) is 0 Å². The van der Waals surface area contributed by atoms with Crippen LogP contribution in [0.5, 0.6) is 0 Å². The van der Waals surface area contributed by atoms with Crippen LogP contribution < -0.4 is 16.4 Å². The summed E-state index contributed by atoms with van der Waals surface area (Å²) in [6.07, 6.45) is 37.9. The number of nitrogens with zero attached hydrogens (tertiary/aromatic N) is 3. The zero-order valence-corrected chi connectivity index (χ0v) is 35.3. The molecular weight excluding hydrogens is 693 g/mol. The van der Waals surface area contributed by atoms with Crippen LogP contribution in [0.3, 0.4) is 0 Å². The lowest BCUT2D eigenvalue weighted by Gasteiger charge is -2.50. The van der Waals surface area contributed by atoms with Crippen LogP contribution in [0.1, 0.15) is 193 Å². The molecule has 8 saturated carbocycles. The summed E-state index contributed by atoms with van der Waals surface area (Å²) in [5.41, 5.74) is 6.25. The SMILES string of the molecule is NC1CCC(N=NC2C(O)C(C(=O)NC3CCCCC3CC3CCC(N(C4CCCCC4)C4CCCCC4)CC3)CC3CCC4C5CCCCC5NC4C32)CC1. The largest absolute Gasteiger partial charge is 0.390 e. The Morgan fingerprint density at radius 1 is 0.661 bits per heavy atom. The predicted octanol–water partition coefficient (Wildman–Crippen LogP) is 9.22. The van der Waals surface area contributed by atoms with Gasteiger partial charge in [-0.25, -0.2) is 0 Å². The Hall–Kier alpha value is -1.09. The van der Waals surface area contributed by atoms with E-state index in [0.717, 1.165) is 68.5 Å². The van der Waals surface area contributed by atoms with Crippen molar-refractivity contribution in [3.63, 3.8) is 0 Å². The van der Waals surface area contributed by atoms with Gasteiger partial charge in [-0.05, 0) is 158 Å². The third-order valence-electron chi connectivity index (χ3n) is 18.3. The van der Waals surface area contributed by atoms with Gasteiger partial charge in [0, 0.05) is 48.2 Å². The van der Waals surface area contributed by atoms with Gasteiger partial charge in [-0.2, -0.15) is 10.2 Å². The van der Waals surface area contributed by atoms with Crippen LogP contribution in [-0.4, -0.2) is 76.4 Å². The first-order valence-corrected chi connectivity index (χ1v) is 25.2. The number of aliphatic hydroxyl groups excluding tert-OH is 1. The van der Waals surface area contributed by atoms with Crippen molar-refractivity contribution in [3.05, 3.63) is 0 Å². The molecule has 0 aromatic carbocycles. The van der Waals surface area contributed by atoms with Gasteiger partial charge >= 0.3 is 0 Å². The number of hydrogen-bond acceptors (Lipinski definition) is 7. The Bertz CT molecular complexity index is 1270. The number of carbonyl (C=O) groups is 1. The van der Waals surface area contributed by atoms with E-state index in [2.05, 4.69) is 15.5 Å². The van der Waals surface area contributed by atoms with Gasteiger partial charge in [0.15, 0.2) is 0 Å². The molecule has 9 rings (SSSR count). The molecule has 9 aliphatic rings. The Morgan fingerprint density at radius 2 is 1.30 bits per heavy atom. The van der Waals surface area contributed by atoms with Crippen molar-refractivity contribution < 1.29 is 9.90 Å². The fourth-order valence-electron chi connectivity index (χ4n) is 15.4. The Balaban J connectivity index is 0.847. The zero-order valence-electron chi connectivity index (χ0n) is 35.3. The van der Waals surface area contributed by atoms with Crippen LogP contribution >= 0.6 is 0 Å². The van der Waals surface area contributed by atoms with Crippen molar-refractivity contribution in [2.45, 2.75) is 253 Å². The molecule has 316 valence electrons. The number of amides is 1. The fourth-order valence-corrected chi connectivity index (χ4v) is 15.4. The minimum absolute atomic E-state index is 0.117. The molecule has 1 aliphatic heterocycles. The molecular formula is C48H82N6O2. The van der Waals surface area contributed by atoms with Crippen molar-refractivity contribution in [3.8, 4) is 0 Å². The molecule has 8 aliphatic carbocycles. The summed E-state index contributed by atoms with van der Waals surface area (Å²) in [5, 5.41) is 30.3. The van der Waals surface area contributed by atoms with E-state index in [1.807, 2.05) is 0 Å². The number of nitrogens with two attached hydrogens (primary N) is 1. The molecule has 5 N–H and O–H groups in total. The lowest BCUT2D eigenvalue weighted by molar-refractivity contribution is -0.137. The average molecular weight is 775 g/mol. The predicted molar refractivity (Wildman–Crippen MR) is 225 cm³/mol. The summed E-state index contributed by atoms with van der Waals surface area (Å²) >= 11 is 0. The van der Waals surface area contributed by atoms with Gasteiger partial charge in [0.25, 0.3) is 0 Å². The van der Waals surface area contributed by atoms with E-state index in [-0.39, 0.29) is 41.9 Å². The highest BCUT2D eigenvalue weighted by molar-refractivity contribution is 5.80. The second-order valence-corrected chi connectivity index (χ2v) is 21.5. The van der Waals surface area contributed by atoms with Crippen molar-refractivity contribution in [2.75, 3.05) is 0 Å². The smallest absolute Gasteiger partial charge is 0.226 e. The Labute approximate surface area is 340 Å². The summed E-state index contributed by atoms with van der Waals surface area (Å²) in [4.78, 5) is 17.7. The van der Waals surface area contributed by atoms with Gasteiger partial charge in [-0.1, -0.05) is 64.2 Å². The number of carbonyl (C=O) groups excluding carboxylic acids is 1. The molecule has 8 heteroatoms. The van der Waals surface area contributed by atoms with Crippen LogP contribution in [-0.2, 0) is 4.79 Å². The maximum Gasteiger partial charge on any atom is 0.226 e. The Morgan fingerprint density at radius 3 is 2.04 bits per heavy atom. The van der Waals surface area contributed by atoms with E-state index in [1.54, 1.807) is 0 Å². The second-order valence-electron chi connectivity index (χ2n) is 21.5. The topological polar surface area (TPSA) is 115 Å². The number of hydrogen-bond donors (Lipinski definition) is 4. The molecule has 0 aromatic heterocycles. The zero-order chi connectivity index (χ0) is 38.0. The second kappa shape index (κ2) is 18.7. The Kier molecular flexibility index (Phi) is 13.4. The standard InChI is InChI=1S/C48H82N6O2/c49-34-22-24-35(25-23-34)52-53-46-44-33(21-28-40-39-16-8-10-18-43(39)50-45(40)44)30-41(47(46)55)48(56)51-42-17-9-7-11-32(42)29-31-19-26-38(27-20-31)54(36-12-3-1-4-13-36)37-14-5-2-6-15-37/h31-47,50,55H,1-30,49H2,(H,51,56). The number of nitrogens with one attached hydrogen (secondary N) is 2. The highest BCUT2D eigenvalue weighted by Gasteiger charge is 2.58. The van der Waals surface area contributed by atoms with Crippen LogP contribution in [0.4, 0.5) is 0 Å². The van der Waals surface area contributed by atoms with Gasteiger partial charge in [-0.15, -0.1) is 0 Å². The molecule has 56 heavy (non-hydrogen) atoms. The van der Waals surface area contributed by atoms with Crippen molar-refractivity contribution in [2.24, 2.45) is 57.4 Å². The molecule has 0 aromatic rings. The third kappa shape index (κ3) is 8.85. The monoisotopic (exact) mass is 775 g/mol. The highest BCUT2D eigenvalue weighted by Crippen LogP contribution is 2.53. The van der Waals surface area contributed by atoms with Gasteiger partial charge in [0.2, 0.25) is 5.91 Å². The molecule has 0 bridgehead atoms. The maximum atomic E-state index is 14.5. The van der Waals surface area contributed by atoms with Gasteiger partial charge in [0.05, 0.1) is 18.1 Å². The summed E-state index contributed by atoms with van der Waals surface area (Å²) in [5.74, 6) is 3.26. The number of aliphatic hydroxyl groups is 1. The van der Waals surface area contributed by atoms with E-state index >= 15 is 0 Å². The van der Waals surface area contributed by atoms with Crippen molar-refractivity contribution >= 4 is 5.91 Å². The summed E-state index contributed by atoms with van der Waals surface area (Å²) in [7, 11) is 0. The molecule has 0 radical (unpaired) electrons. The average Bonchev–Trinajstić information content (AvgIpc) is 3.62. The lowest BCUT2D eigenvalue weighted by Crippen LogP contribution is -2.60. The first-order valence-electron chi connectivity index (χ1n) is 25.2. The highest BCUT2D eigenvalue weighted by atomic mass is 16.3. The van der Waals surface area contributed by atoms with E-state index in [0.29, 0.717) is 29.8 Å². The molecule has 1 heterocycles. The summed E-state index contributed by atoms with van der Waals surface area (Å²) < 4.78 is 0. The molecule has 11 unspecified atom stereocenters. The quantitative estimate of drug-likeness (QED) is 0.175. The molecule has 1 amide bonds. The van der Waals surface area contributed by atoms with Crippen LogP contribution in [0.2, 0.25) is 0 Å². The molecule has 0 spiro atoms. The summed E-state index contributed by atoms with van der Waals surface area (Å²) in [6.45, 7) is 0. The van der Waals surface area contributed by atoms with E-state index in [9.17, 15) is 9.90 Å². The first kappa shape index (κ1) is 40.3. The molecule has 1 saturated heterocycles. The number of fused-ring (bicyclic) bond motifs is 5. The van der Waals surface area contributed by atoms with Crippen LogP contribution in [0.15, 0.2) is 10.2 Å². The summed E-state index contributed by atoms with van der Waals surface area (Å²) in [6, 6.07) is 3.96. The van der Waals surface area contributed by atoms with Crippen molar-refractivity contribution in [1.29, 1.82) is 0 Å². The first-order chi connectivity index (χ1) is 27.5. The number of rotatable bonds is 9. The van der Waals surface area contributed by atoms with Gasteiger partial charge < -0.3 is 21.5 Å². The number of azo groups is 1. The van der Waals surface area contributed by atoms with E-state index < -0.39 is 6.10 Å². The van der Waals surface area contributed by atoms with E-state index in [1.165, 1.54) is 154 Å². The lowest BCUT2D eigenvalue weighted by atomic mass is 9.58. The van der Waals surface area contributed by atoms with Crippen LogP contribution in [0, 0.1) is 41.4 Å². The molecule has 9 fully saturated rings. The van der Waals surface area contributed by atoms with Gasteiger partial charge in [-0.3, -0.25) is 9.69 Å².